The van der Waals surface area contributed by atoms with E-state index in [9.17, 15) is 10.1 Å². The second kappa shape index (κ2) is 4.80. The van der Waals surface area contributed by atoms with Crippen LogP contribution in [0.4, 0.5) is 0 Å². The van der Waals surface area contributed by atoms with Gasteiger partial charge >= 0.3 is 0 Å². The molecule has 0 aromatic rings. The molecule has 0 aliphatic heterocycles. The molecule has 0 radical (unpaired) electrons. The molecule has 0 saturated heterocycles. The van der Waals surface area contributed by atoms with Gasteiger partial charge in [0.1, 0.15) is 5.41 Å². The first kappa shape index (κ1) is 12.0. The van der Waals surface area contributed by atoms with E-state index in [-0.39, 0.29) is 5.91 Å². The first-order valence-electron chi connectivity index (χ1n) is 6.36. The van der Waals surface area contributed by atoms with Crippen LogP contribution in [0.5, 0.6) is 0 Å². The van der Waals surface area contributed by atoms with Crippen molar-refractivity contribution in [2.75, 3.05) is 13.1 Å². The van der Waals surface area contributed by atoms with Crippen LogP contribution in [0.2, 0.25) is 0 Å². The molecule has 2 aliphatic rings. The van der Waals surface area contributed by atoms with E-state index in [2.05, 4.69) is 12.0 Å². The zero-order chi connectivity index (χ0) is 12.3. The summed E-state index contributed by atoms with van der Waals surface area (Å²) in [6.07, 6.45) is 11.1. The number of carbonyl (C=O) groups excluding carboxylic acids is 1. The third-order valence-electron chi connectivity index (χ3n) is 3.83. The molecule has 3 heteroatoms. The van der Waals surface area contributed by atoms with E-state index in [1.54, 1.807) is 4.90 Å². The molecule has 2 saturated carbocycles. The zero-order valence-corrected chi connectivity index (χ0v) is 10.1. The molecule has 0 spiro atoms. The SMILES string of the molecule is C#CCN(CC1CC1)C(=O)C1(C#N)CCCC1. The lowest BCUT2D eigenvalue weighted by Crippen LogP contribution is -2.43. The standard InChI is InChI=1S/C14H18N2O/c1-2-9-16(10-12-5-6-12)13(17)14(11-15)7-3-4-8-14/h1,12H,3-10H2. The summed E-state index contributed by atoms with van der Waals surface area (Å²) in [5.41, 5.74) is -0.772. The second-order valence-corrected chi connectivity index (χ2v) is 5.23. The molecule has 0 unspecified atom stereocenters. The molecule has 0 aromatic heterocycles. The Hall–Kier alpha value is -1.48. The Labute approximate surface area is 103 Å². The molecule has 0 aromatic carbocycles. The monoisotopic (exact) mass is 230 g/mol. The molecule has 90 valence electrons. The number of hydrogen-bond donors (Lipinski definition) is 0. The number of rotatable bonds is 4. The summed E-state index contributed by atoms with van der Waals surface area (Å²) in [4.78, 5) is 14.2. The van der Waals surface area contributed by atoms with Gasteiger partial charge in [0.2, 0.25) is 5.91 Å². The molecule has 0 N–H and O–H groups in total. The van der Waals surface area contributed by atoms with Gasteiger partial charge in [0.25, 0.3) is 0 Å². The first-order chi connectivity index (χ1) is 8.22. The van der Waals surface area contributed by atoms with E-state index in [0.717, 1.165) is 19.4 Å². The number of carbonyl (C=O) groups is 1. The summed E-state index contributed by atoms with van der Waals surface area (Å²) < 4.78 is 0. The van der Waals surface area contributed by atoms with E-state index in [1.165, 1.54) is 12.8 Å². The zero-order valence-electron chi connectivity index (χ0n) is 10.1. The van der Waals surface area contributed by atoms with E-state index in [0.29, 0.717) is 25.3 Å². The Balaban J connectivity index is 2.08. The van der Waals surface area contributed by atoms with Gasteiger partial charge in [-0.2, -0.15) is 5.26 Å². The fraction of sp³-hybridized carbons (Fsp3) is 0.714. The van der Waals surface area contributed by atoms with E-state index in [1.807, 2.05) is 0 Å². The lowest BCUT2D eigenvalue weighted by atomic mass is 9.86. The fourth-order valence-electron chi connectivity index (χ4n) is 2.60. The van der Waals surface area contributed by atoms with Crippen molar-refractivity contribution < 1.29 is 4.79 Å². The Morgan fingerprint density at radius 1 is 1.41 bits per heavy atom. The summed E-state index contributed by atoms with van der Waals surface area (Å²) in [6, 6.07) is 2.25. The predicted octanol–water partition coefficient (Wildman–Crippen LogP) is 1.94. The normalized spacial score (nSPS) is 21.5. The number of terminal acetylenes is 1. The van der Waals surface area contributed by atoms with E-state index >= 15 is 0 Å². The van der Waals surface area contributed by atoms with Crippen LogP contribution in [0, 0.1) is 35.0 Å². The molecule has 0 heterocycles. The van der Waals surface area contributed by atoms with Crippen molar-refractivity contribution in [3.8, 4) is 18.4 Å². The Morgan fingerprint density at radius 2 is 2.06 bits per heavy atom. The highest BCUT2D eigenvalue weighted by Crippen LogP contribution is 2.40. The number of nitriles is 1. The van der Waals surface area contributed by atoms with Gasteiger partial charge in [-0.15, -0.1) is 6.42 Å². The highest BCUT2D eigenvalue weighted by molar-refractivity contribution is 5.86. The van der Waals surface area contributed by atoms with Crippen molar-refractivity contribution in [2.45, 2.75) is 38.5 Å². The maximum Gasteiger partial charge on any atom is 0.243 e. The summed E-state index contributed by atoms with van der Waals surface area (Å²) in [6.45, 7) is 1.09. The van der Waals surface area contributed by atoms with Crippen LogP contribution in [-0.2, 0) is 4.79 Å². The van der Waals surface area contributed by atoms with Crippen LogP contribution in [-0.4, -0.2) is 23.9 Å². The van der Waals surface area contributed by atoms with Gasteiger partial charge in [0.15, 0.2) is 0 Å². The van der Waals surface area contributed by atoms with Crippen LogP contribution in [0.25, 0.3) is 0 Å². The van der Waals surface area contributed by atoms with Crippen LogP contribution in [0.15, 0.2) is 0 Å². The lowest BCUT2D eigenvalue weighted by molar-refractivity contribution is -0.138. The quantitative estimate of drug-likeness (QED) is 0.693. The van der Waals surface area contributed by atoms with Crippen molar-refractivity contribution in [3.05, 3.63) is 0 Å². The highest BCUT2D eigenvalue weighted by Gasteiger charge is 2.44. The Kier molecular flexibility index (Phi) is 3.38. The molecule has 1 amide bonds. The van der Waals surface area contributed by atoms with Crippen LogP contribution in [0.3, 0.4) is 0 Å². The van der Waals surface area contributed by atoms with E-state index in [4.69, 9.17) is 6.42 Å². The topological polar surface area (TPSA) is 44.1 Å². The summed E-state index contributed by atoms with van der Waals surface area (Å²) in [7, 11) is 0. The van der Waals surface area contributed by atoms with Crippen molar-refractivity contribution in [2.24, 2.45) is 11.3 Å². The predicted molar refractivity (Wildman–Crippen MR) is 64.7 cm³/mol. The van der Waals surface area contributed by atoms with Gasteiger partial charge in [0.05, 0.1) is 12.6 Å². The number of amides is 1. The molecule has 2 rings (SSSR count). The molecular formula is C14H18N2O. The largest absolute Gasteiger partial charge is 0.330 e. The summed E-state index contributed by atoms with van der Waals surface area (Å²) in [5.74, 6) is 3.13. The third kappa shape index (κ3) is 2.44. The van der Waals surface area contributed by atoms with Crippen molar-refractivity contribution >= 4 is 5.91 Å². The van der Waals surface area contributed by atoms with Gasteiger partial charge in [-0.25, -0.2) is 0 Å². The molecule has 2 fully saturated rings. The van der Waals surface area contributed by atoms with Crippen LogP contribution in [0.1, 0.15) is 38.5 Å². The average Bonchev–Trinajstić information content (AvgIpc) is 3.02. The van der Waals surface area contributed by atoms with Gasteiger partial charge in [-0.05, 0) is 31.6 Å². The number of hydrogen-bond acceptors (Lipinski definition) is 2. The maximum absolute atomic E-state index is 12.5. The summed E-state index contributed by atoms with van der Waals surface area (Å²) in [5, 5.41) is 9.30. The highest BCUT2D eigenvalue weighted by atomic mass is 16.2. The van der Waals surface area contributed by atoms with Gasteiger partial charge in [-0.3, -0.25) is 4.79 Å². The molecule has 2 aliphatic carbocycles. The fourth-order valence-corrected chi connectivity index (χ4v) is 2.60. The smallest absolute Gasteiger partial charge is 0.243 e. The molecule has 17 heavy (non-hydrogen) atoms. The minimum Gasteiger partial charge on any atom is -0.330 e. The molecule has 0 bridgehead atoms. The molecule has 3 nitrogen and oxygen atoms in total. The minimum atomic E-state index is -0.772. The number of nitrogens with zero attached hydrogens (tertiary/aromatic N) is 2. The Bertz CT molecular complexity index is 378. The van der Waals surface area contributed by atoms with Gasteiger partial charge < -0.3 is 4.90 Å². The van der Waals surface area contributed by atoms with Crippen LogP contribution < -0.4 is 0 Å². The minimum absolute atomic E-state index is 0.0256. The van der Waals surface area contributed by atoms with Crippen molar-refractivity contribution in [3.63, 3.8) is 0 Å². The second-order valence-electron chi connectivity index (χ2n) is 5.23. The Morgan fingerprint density at radius 3 is 2.53 bits per heavy atom. The van der Waals surface area contributed by atoms with Crippen molar-refractivity contribution in [1.29, 1.82) is 5.26 Å². The van der Waals surface area contributed by atoms with Crippen LogP contribution >= 0.6 is 0 Å². The lowest BCUT2D eigenvalue weighted by Gasteiger charge is -2.28. The maximum atomic E-state index is 12.5. The summed E-state index contributed by atoms with van der Waals surface area (Å²) >= 11 is 0. The molecular weight excluding hydrogens is 212 g/mol. The van der Waals surface area contributed by atoms with Crippen molar-refractivity contribution in [1.82, 2.24) is 4.90 Å². The van der Waals surface area contributed by atoms with E-state index < -0.39 is 5.41 Å². The molecule has 0 atom stereocenters. The van der Waals surface area contributed by atoms with Gasteiger partial charge in [0, 0.05) is 6.54 Å². The average molecular weight is 230 g/mol. The first-order valence-corrected chi connectivity index (χ1v) is 6.36. The third-order valence-corrected chi connectivity index (χ3v) is 3.83. The van der Waals surface area contributed by atoms with Gasteiger partial charge in [-0.1, -0.05) is 18.8 Å².